The minimum atomic E-state index is 0.0902. The summed E-state index contributed by atoms with van der Waals surface area (Å²) in [5.41, 5.74) is 3.81. The van der Waals surface area contributed by atoms with Crippen LogP contribution >= 0.6 is 0 Å². The molecule has 6 heteroatoms. The normalized spacial score (nSPS) is 30.9. The molecule has 2 aromatic heterocycles. The lowest BCUT2D eigenvalue weighted by molar-refractivity contribution is 0.00131. The van der Waals surface area contributed by atoms with Crippen LogP contribution < -0.4 is 0 Å². The maximum Gasteiger partial charge on any atom is 0.272 e. The van der Waals surface area contributed by atoms with E-state index in [4.69, 9.17) is 0 Å². The molecule has 4 atom stereocenters. The molecule has 1 amide bonds. The number of amides is 1. The average molecular weight is 404 g/mol. The number of fused-ring (bicyclic) bond motifs is 6. The van der Waals surface area contributed by atoms with Crippen LogP contribution in [-0.4, -0.2) is 62.6 Å². The van der Waals surface area contributed by atoms with E-state index in [1.165, 1.54) is 37.8 Å². The zero-order chi connectivity index (χ0) is 20.1. The molecule has 4 aliphatic rings. The molecule has 3 aliphatic heterocycles. The summed E-state index contributed by atoms with van der Waals surface area (Å²) in [7, 11) is 0. The first-order valence-corrected chi connectivity index (χ1v) is 11.5. The van der Waals surface area contributed by atoms with E-state index in [0.29, 0.717) is 17.5 Å². The van der Waals surface area contributed by atoms with Gasteiger partial charge in [0.05, 0.1) is 11.7 Å². The molecule has 0 saturated carbocycles. The number of hydrogen-bond donors (Lipinski definition) is 1. The fourth-order valence-corrected chi connectivity index (χ4v) is 6.45. The lowest BCUT2D eigenvalue weighted by Gasteiger charge is -2.54. The third kappa shape index (κ3) is 3.00. The standard InChI is InChI=1S/C24H29N5O/c30-24(21-13-20(26-27-21)17-5-3-8-25-14-17)29-10-4-6-16-11-18-12-19(23(16)29)15-28-9-2-1-7-22(18)28/h3,5,8,11,13-14,18-19,22-23H,1-2,4,6-7,9-10,12,15H2,(H,26,27)/t18-,19-,22-,23+/m0/s1. The number of hydrogen-bond acceptors (Lipinski definition) is 4. The summed E-state index contributed by atoms with van der Waals surface area (Å²) in [6.07, 6.45) is 13.6. The van der Waals surface area contributed by atoms with Crippen LogP contribution in [0.25, 0.3) is 11.3 Å². The Bertz CT molecular complexity index is 967. The lowest BCUT2D eigenvalue weighted by Crippen LogP contribution is -2.60. The van der Waals surface area contributed by atoms with Gasteiger partial charge in [-0.1, -0.05) is 18.1 Å². The van der Waals surface area contributed by atoms with Crippen LogP contribution in [0.5, 0.6) is 0 Å². The third-order valence-corrected chi connectivity index (χ3v) is 7.68. The molecule has 1 N–H and O–H groups in total. The van der Waals surface area contributed by atoms with E-state index in [1.807, 2.05) is 18.2 Å². The maximum atomic E-state index is 13.5. The Morgan fingerprint density at radius 3 is 3.07 bits per heavy atom. The second kappa shape index (κ2) is 7.34. The predicted molar refractivity (Wildman–Crippen MR) is 115 cm³/mol. The Morgan fingerprint density at radius 2 is 2.17 bits per heavy atom. The first-order valence-electron chi connectivity index (χ1n) is 11.5. The minimum Gasteiger partial charge on any atom is -0.330 e. The molecule has 0 radical (unpaired) electrons. The summed E-state index contributed by atoms with van der Waals surface area (Å²) in [6.45, 7) is 3.22. The minimum absolute atomic E-state index is 0.0902. The zero-order valence-corrected chi connectivity index (χ0v) is 17.3. The molecule has 1 aliphatic carbocycles. The highest BCUT2D eigenvalue weighted by atomic mass is 16.2. The number of H-pyrrole nitrogens is 1. The maximum absolute atomic E-state index is 13.5. The van der Waals surface area contributed by atoms with Crippen molar-refractivity contribution in [2.75, 3.05) is 19.6 Å². The van der Waals surface area contributed by atoms with E-state index >= 15 is 0 Å². The van der Waals surface area contributed by atoms with Crippen molar-refractivity contribution < 1.29 is 4.79 Å². The molecular weight excluding hydrogens is 374 g/mol. The van der Waals surface area contributed by atoms with Gasteiger partial charge in [0.2, 0.25) is 0 Å². The number of aromatic nitrogens is 3. The highest BCUT2D eigenvalue weighted by molar-refractivity contribution is 5.94. The van der Waals surface area contributed by atoms with Crippen LogP contribution in [0.2, 0.25) is 0 Å². The van der Waals surface area contributed by atoms with Crippen molar-refractivity contribution in [2.24, 2.45) is 11.8 Å². The number of rotatable bonds is 2. The van der Waals surface area contributed by atoms with Gasteiger partial charge < -0.3 is 4.90 Å². The third-order valence-electron chi connectivity index (χ3n) is 7.68. The van der Waals surface area contributed by atoms with E-state index in [1.54, 1.807) is 12.4 Å². The number of carbonyl (C=O) groups is 1. The molecule has 30 heavy (non-hydrogen) atoms. The van der Waals surface area contributed by atoms with Crippen LogP contribution in [0, 0.1) is 11.8 Å². The Morgan fingerprint density at radius 1 is 1.20 bits per heavy atom. The van der Waals surface area contributed by atoms with Crippen molar-refractivity contribution in [3.05, 3.63) is 47.9 Å². The van der Waals surface area contributed by atoms with Gasteiger partial charge >= 0.3 is 0 Å². The summed E-state index contributed by atoms with van der Waals surface area (Å²) in [6, 6.07) is 6.74. The Kier molecular flexibility index (Phi) is 4.48. The lowest BCUT2D eigenvalue weighted by atomic mass is 9.68. The molecule has 5 heterocycles. The van der Waals surface area contributed by atoms with Gasteiger partial charge in [-0.25, -0.2) is 0 Å². The highest BCUT2D eigenvalue weighted by Crippen LogP contribution is 2.45. The van der Waals surface area contributed by atoms with E-state index in [2.05, 4.69) is 31.1 Å². The summed E-state index contributed by atoms with van der Waals surface area (Å²) >= 11 is 0. The van der Waals surface area contributed by atoms with Crippen LogP contribution in [0.3, 0.4) is 0 Å². The summed E-state index contributed by atoms with van der Waals surface area (Å²) in [5.74, 6) is 1.34. The van der Waals surface area contributed by atoms with Crippen molar-refractivity contribution >= 4 is 5.91 Å². The second-order valence-electron chi connectivity index (χ2n) is 9.41. The molecular formula is C24H29N5O. The fraction of sp³-hybridized carbons (Fsp3) is 0.542. The van der Waals surface area contributed by atoms with Crippen LogP contribution in [0.15, 0.2) is 42.2 Å². The topological polar surface area (TPSA) is 65.1 Å². The average Bonchev–Trinajstić information content (AvgIpc) is 3.29. The molecule has 6 nitrogen and oxygen atoms in total. The Balaban J connectivity index is 1.28. The highest BCUT2D eigenvalue weighted by Gasteiger charge is 2.47. The Labute approximate surface area is 177 Å². The SMILES string of the molecule is O=C(c1cc(-c2cccnc2)n[nH]1)N1CCCC2=C[C@H]3C[C@@H](CN4CCCC[C@@H]34)[C@@H]21. The van der Waals surface area contributed by atoms with Crippen molar-refractivity contribution in [3.8, 4) is 11.3 Å². The van der Waals surface area contributed by atoms with Crippen molar-refractivity contribution in [2.45, 2.75) is 50.6 Å². The number of piperidine rings is 3. The molecule has 0 spiro atoms. The molecule has 0 unspecified atom stereocenters. The number of carbonyl (C=O) groups excluding carboxylic acids is 1. The molecule has 0 aromatic carbocycles. The van der Waals surface area contributed by atoms with Gasteiger partial charge in [-0.15, -0.1) is 0 Å². The number of nitrogens with zero attached hydrogens (tertiary/aromatic N) is 4. The largest absolute Gasteiger partial charge is 0.330 e. The van der Waals surface area contributed by atoms with E-state index in [9.17, 15) is 4.79 Å². The van der Waals surface area contributed by atoms with Crippen molar-refractivity contribution in [1.82, 2.24) is 25.0 Å². The first kappa shape index (κ1) is 18.3. The molecule has 2 bridgehead atoms. The molecule has 6 rings (SSSR count). The zero-order valence-electron chi connectivity index (χ0n) is 17.3. The van der Waals surface area contributed by atoms with E-state index in [-0.39, 0.29) is 11.9 Å². The second-order valence-corrected chi connectivity index (χ2v) is 9.41. The number of likely N-dealkylation sites (tertiary alicyclic amines) is 1. The van der Waals surface area contributed by atoms with Crippen LogP contribution in [0.1, 0.15) is 49.0 Å². The van der Waals surface area contributed by atoms with E-state index in [0.717, 1.165) is 43.2 Å². The van der Waals surface area contributed by atoms with Gasteiger partial charge in [-0.05, 0) is 68.7 Å². The van der Waals surface area contributed by atoms with Gasteiger partial charge in [-0.3, -0.25) is 19.8 Å². The van der Waals surface area contributed by atoms with Gasteiger partial charge in [0.15, 0.2) is 0 Å². The molecule has 3 fully saturated rings. The van der Waals surface area contributed by atoms with Gasteiger partial charge in [0.25, 0.3) is 5.91 Å². The van der Waals surface area contributed by atoms with Crippen LogP contribution in [-0.2, 0) is 0 Å². The summed E-state index contributed by atoms with van der Waals surface area (Å²) in [4.78, 5) is 22.6. The predicted octanol–water partition coefficient (Wildman–Crippen LogP) is 3.51. The van der Waals surface area contributed by atoms with Crippen molar-refractivity contribution in [1.29, 1.82) is 0 Å². The fourth-order valence-electron chi connectivity index (χ4n) is 6.45. The summed E-state index contributed by atoms with van der Waals surface area (Å²) in [5, 5.41) is 7.39. The molecule has 156 valence electrons. The first-order chi connectivity index (χ1) is 14.8. The monoisotopic (exact) mass is 403 g/mol. The molecule has 3 saturated heterocycles. The molecule has 2 aromatic rings. The van der Waals surface area contributed by atoms with Crippen LogP contribution in [0.4, 0.5) is 0 Å². The van der Waals surface area contributed by atoms with Gasteiger partial charge in [-0.2, -0.15) is 5.10 Å². The van der Waals surface area contributed by atoms with Gasteiger partial charge in [0, 0.05) is 37.1 Å². The number of pyridine rings is 1. The van der Waals surface area contributed by atoms with Crippen molar-refractivity contribution in [3.63, 3.8) is 0 Å². The quantitative estimate of drug-likeness (QED) is 0.780. The van der Waals surface area contributed by atoms with Gasteiger partial charge in [0.1, 0.15) is 5.69 Å². The smallest absolute Gasteiger partial charge is 0.272 e. The summed E-state index contributed by atoms with van der Waals surface area (Å²) < 4.78 is 0. The number of aromatic amines is 1. The van der Waals surface area contributed by atoms with E-state index < -0.39 is 0 Å². The number of nitrogens with one attached hydrogen (secondary N) is 1. The Hall–Kier alpha value is -2.47.